The molecule has 0 aromatic carbocycles. The average Bonchev–Trinajstić information content (AvgIpc) is 1.95. The van der Waals surface area contributed by atoms with E-state index in [0.717, 1.165) is 10.6 Å². The number of hydrogen-bond acceptors (Lipinski definition) is 2. The summed E-state index contributed by atoms with van der Waals surface area (Å²) in [5.41, 5.74) is 0.927. The van der Waals surface area contributed by atoms with Gasteiger partial charge >= 0.3 is 0 Å². The van der Waals surface area contributed by atoms with Gasteiger partial charge in [0.2, 0.25) is 0 Å². The van der Waals surface area contributed by atoms with Gasteiger partial charge in [0, 0.05) is 24.0 Å². The Morgan fingerprint density at radius 2 is 2.33 bits per heavy atom. The summed E-state index contributed by atoms with van der Waals surface area (Å²) < 4.78 is 0. The number of halogens is 1. The number of rotatable bonds is 2. The van der Waals surface area contributed by atoms with Gasteiger partial charge in [0.05, 0.1) is 6.61 Å². The van der Waals surface area contributed by atoms with E-state index in [9.17, 15) is 0 Å². The summed E-state index contributed by atoms with van der Waals surface area (Å²) in [6.07, 6.45) is 3.82. The predicted octanol–water partition coefficient (Wildman–Crippen LogP) is -3.86. The molecule has 0 amide bonds. The van der Waals surface area contributed by atoms with Crippen LogP contribution in [0.4, 0.5) is 0 Å². The first-order chi connectivity index (χ1) is 5.24. The van der Waals surface area contributed by atoms with Crippen molar-refractivity contribution in [3.8, 4) is 0 Å². The van der Waals surface area contributed by atoms with Gasteiger partial charge in [-0.1, -0.05) is 0 Å². The molecule has 0 fully saturated rings. The molecule has 0 aromatic rings. The van der Waals surface area contributed by atoms with Gasteiger partial charge in [0.15, 0.2) is 0 Å². The molecular formula is C7H11ClN2OS. The highest BCUT2D eigenvalue weighted by Crippen LogP contribution is 1.84. The van der Waals surface area contributed by atoms with Gasteiger partial charge in [-0.2, -0.15) is 4.99 Å². The van der Waals surface area contributed by atoms with Gasteiger partial charge in [-0.05, 0) is 6.92 Å². The molecule has 3 nitrogen and oxygen atoms in total. The summed E-state index contributed by atoms with van der Waals surface area (Å²) >= 11 is 4.98. The fourth-order valence-electron chi connectivity index (χ4n) is 0.872. The van der Waals surface area contributed by atoms with Crippen LogP contribution in [0.15, 0.2) is 17.3 Å². The Labute approximate surface area is 83.2 Å². The number of thiocarbonyl (C=S) groups is 1. The monoisotopic (exact) mass is 206 g/mol. The average molecular weight is 207 g/mol. The maximum Gasteiger partial charge on any atom is 0.299 e. The highest BCUT2D eigenvalue weighted by atomic mass is 35.5. The van der Waals surface area contributed by atoms with Crippen LogP contribution in [0.2, 0.25) is 0 Å². The van der Waals surface area contributed by atoms with E-state index >= 15 is 0 Å². The highest BCUT2D eigenvalue weighted by Gasteiger charge is 2.14. The Hall–Kier alpha value is -0.290. The van der Waals surface area contributed by atoms with Crippen molar-refractivity contribution in [2.45, 2.75) is 6.92 Å². The standard InChI is InChI=1S/C7H10N2OS.ClH/c1-6-2-3-9(4-5-10)7(11)8-6;/h2-3,10H,4-5H2,1H3;1H. The lowest BCUT2D eigenvalue weighted by molar-refractivity contribution is -0.746. The van der Waals surface area contributed by atoms with Crippen LogP contribution in [-0.2, 0) is 0 Å². The Morgan fingerprint density at radius 3 is 2.83 bits per heavy atom. The van der Waals surface area contributed by atoms with Crippen LogP contribution in [0.3, 0.4) is 0 Å². The van der Waals surface area contributed by atoms with Gasteiger partial charge in [-0.3, -0.25) is 0 Å². The van der Waals surface area contributed by atoms with E-state index in [0.29, 0.717) is 11.7 Å². The van der Waals surface area contributed by atoms with Crippen molar-refractivity contribution in [1.82, 2.24) is 0 Å². The van der Waals surface area contributed by atoms with Crippen LogP contribution in [0.25, 0.3) is 0 Å². The summed E-state index contributed by atoms with van der Waals surface area (Å²) in [6.45, 7) is 2.64. The molecule has 2 N–H and O–H groups in total. The molecule has 0 aliphatic carbocycles. The minimum absolute atomic E-state index is 0. The quantitative estimate of drug-likeness (QED) is 0.454. The van der Waals surface area contributed by atoms with Crippen molar-refractivity contribution >= 4 is 23.0 Å². The van der Waals surface area contributed by atoms with Gasteiger partial charge < -0.3 is 17.5 Å². The lowest BCUT2D eigenvalue weighted by Crippen LogP contribution is -3.10. The fourth-order valence-corrected chi connectivity index (χ4v) is 1.19. The second-order valence-corrected chi connectivity index (χ2v) is 2.78. The number of allylic oxidation sites excluding steroid dienone is 1. The summed E-state index contributed by atoms with van der Waals surface area (Å²) in [5, 5.41) is 9.25. The van der Waals surface area contributed by atoms with Crippen molar-refractivity contribution in [2.24, 2.45) is 4.99 Å². The Bertz CT molecular complexity index is 227. The molecule has 12 heavy (non-hydrogen) atoms. The second-order valence-electron chi connectivity index (χ2n) is 2.39. The second kappa shape index (κ2) is 5.37. The van der Waals surface area contributed by atoms with Crippen LogP contribution >= 0.6 is 12.2 Å². The molecule has 0 radical (unpaired) electrons. The highest BCUT2D eigenvalue weighted by molar-refractivity contribution is 7.79. The van der Waals surface area contributed by atoms with Crippen LogP contribution in [0, 0.1) is 0 Å². The minimum Gasteiger partial charge on any atom is -1.00 e. The number of aliphatic hydroxyl groups excluding tert-OH is 1. The van der Waals surface area contributed by atoms with Crippen molar-refractivity contribution in [3.05, 3.63) is 12.3 Å². The van der Waals surface area contributed by atoms with E-state index in [2.05, 4.69) is 4.99 Å². The van der Waals surface area contributed by atoms with Crippen LogP contribution in [0.1, 0.15) is 6.92 Å². The molecule has 0 bridgehead atoms. The number of aliphatic imine (C=N–C) groups is 1. The first kappa shape index (κ1) is 11.7. The summed E-state index contributed by atoms with van der Waals surface area (Å²) in [5.74, 6) is 0. The van der Waals surface area contributed by atoms with Crippen LogP contribution < -0.4 is 17.3 Å². The summed E-state index contributed by atoms with van der Waals surface area (Å²) in [4.78, 5) is 5.05. The molecule has 1 unspecified atom stereocenters. The van der Waals surface area contributed by atoms with E-state index in [1.54, 1.807) is 0 Å². The first-order valence-corrected chi connectivity index (χ1v) is 3.89. The third-order valence-corrected chi connectivity index (χ3v) is 1.81. The van der Waals surface area contributed by atoms with Crippen LogP contribution in [-0.4, -0.2) is 29.1 Å². The maximum absolute atomic E-state index is 8.64. The van der Waals surface area contributed by atoms with Crippen LogP contribution in [0.5, 0.6) is 0 Å². The number of hydrogen-bond donors (Lipinski definition) is 2. The third-order valence-electron chi connectivity index (χ3n) is 1.46. The molecule has 0 spiro atoms. The third kappa shape index (κ3) is 2.98. The lowest BCUT2D eigenvalue weighted by Gasteiger charge is -2.13. The maximum atomic E-state index is 8.64. The number of nitrogens with zero attached hydrogens (tertiary/aromatic N) is 1. The Balaban J connectivity index is 0.00000121. The molecule has 1 aliphatic heterocycles. The Kier molecular flexibility index (Phi) is 5.24. The zero-order valence-electron chi connectivity index (χ0n) is 6.75. The van der Waals surface area contributed by atoms with Crippen molar-refractivity contribution < 1.29 is 22.4 Å². The lowest BCUT2D eigenvalue weighted by atomic mass is 10.3. The molecule has 1 heterocycles. The molecule has 5 heteroatoms. The smallest absolute Gasteiger partial charge is 0.299 e. The van der Waals surface area contributed by atoms with E-state index in [1.165, 1.54) is 0 Å². The normalized spacial score (nSPS) is 21.7. The molecule has 1 rings (SSSR count). The van der Waals surface area contributed by atoms with E-state index in [-0.39, 0.29) is 19.0 Å². The van der Waals surface area contributed by atoms with Gasteiger partial charge in [0.25, 0.3) is 5.11 Å². The molecule has 68 valence electrons. The van der Waals surface area contributed by atoms with Gasteiger partial charge in [0.1, 0.15) is 12.7 Å². The first-order valence-electron chi connectivity index (χ1n) is 3.48. The van der Waals surface area contributed by atoms with E-state index in [1.807, 2.05) is 19.2 Å². The van der Waals surface area contributed by atoms with E-state index < -0.39 is 0 Å². The number of aliphatic hydroxyl groups is 1. The van der Waals surface area contributed by atoms with Crippen molar-refractivity contribution in [2.75, 3.05) is 13.2 Å². The minimum atomic E-state index is 0. The van der Waals surface area contributed by atoms with Crippen molar-refractivity contribution in [1.29, 1.82) is 0 Å². The molecule has 0 saturated heterocycles. The molecular weight excluding hydrogens is 196 g/mol. The fraction of sp³-hybridized carbons (Fsp3) is 0.429. The zero-order chi connectivity index (χ0) is 8.27. The topological polar surface area (TPSA) is 37.0 Å². The largest absolute Gasteiger partial charge is 1.00 e. The summed E-state index contributed by atoms with van der Waals surface area (Å²) in [7, 11) is 0. The number of nitrogens with one attached hydrogen (secondary N) is 1. The zero-order valence-corrected chi connectivity index (χ0v) is 8.32. The Morgan fingerprint density at radius 1 is 1.67 bits per heavy atom. The SMILES string of the molecule is CC1=NC(=S)[NH+](CCO)C=C1.[Cl-]. The molecule has 0 saturated carbocycles. The van der Waals surface area contributed by atoms with Gasteiger partial charge in [-0.25, -0.2) is 4.90 Å². The molecule has 0 aromatic heterocycles. The molecule has 1 atom stereocenters. The summed E-state index contributed by atoms with van der Waals surface area (Å²) in [6, 6.07) is 0. The number of quaternary nitrogens is 1. The molecule has 1 aliphatic rings. The van der Waals surface area contributed by atoms with Gasteiger partial charge in [-0.15, -0.1) is 0 Å². The van der Waals surface area contributed by atoms with E-state index in [4.69, 9.17) is 17.3 Å². The van der Waals surface area contributed by atoms with Crippen molar-refractivity contribution in [3.63, 3.8) is 0 Å². The predicted molar refractivity (Wildman–Crippen MR) is 47.8 cm³/mol.